The molecule has 3 fully saturated rings. The van der Waals surface area contributed by atoms with Crippen molar-refractivity contribution in [2.45, 2.75) is 51.5 Å². The molecule has 1 spiro atoms. The van der Waals surface area contributed by atoms with Gasteiger partial charge in [-0.25, -0.2) is 4.79 Å². The number of nitrogens with zero attached hydrogens (tertiary/aromatic N) is 1. The third-order valence-electron chi connectivity index (χ3n) is 4.60. The Bertz CT molecular complexity index is 420. The van der Waals surface area contributed by atoms with Crippen molar-refractivity contribution in [3.8, 4) is 0 Å². The maximum Gasteiger partial charge on any atom is 0.331 e. The van der Waals surface area contributed by atoms with Crippen molar-refractivity contribution in [3.63, 3.8) is 0 Å². The van der Waals surface area contributed by atoms with Crippen LogP contribution in [-0.4, -0.2) is 28.8 Å². The first-order valence-electron chi connectivity index (χ1n) is 6.74. The van der Waals surface area contributed by atoms with E-state index in [-0.39, 0.29) is 11.9 Å². The van der Waals surface area contributed by atoms with Crippen LogP contribution in [0.15, 0.2) is 0 Å². The van der Waals surface area contributed by atoms with Gasteiger partial charge in [0.15, 0.2) is 0 Å². The SMILES string of the molecule is CC1CCC(N2C(=O)NC(=O)C3(CC3)C2=O)CC1. The Labute approximate surface area is 106 Å². The van der Waals surface area contributed by atoms with Crippen LogP contribution in [0.25, 0.3) is 0 Å². The summed E-state index contributed by atoms with van der Waals surface area (Å²) in [5.41, 5.74) is -0.892. The number of hydrogen-bond donors (Lipinski definition) is 1. The molecule has 1 N–H and O–H groups in total. The van der Waals surface area contributed by atoms with Gasteiger partial charge in [-0.2, -0.15) is 0 Å². The van der Waals surface area contributed by atoms with E-state index >= 15 is 0 Å². The van der Waals surface area contributed by atoms with Crippen molar-refractivity contribution in [2.75, 3.05) is 0 Å². The minimum atomic E-state index is -0.892. The topological polar surface area (TPSA) is 66.5 Å². The number of barbiturate groups is 1. The first-order chi connectivity index (χ1) is 8.54. The average Bonchev–Trinajstić information content (AvgIpc) is 3.11. The summed E-state index contributed by atoms with van der Waals surface area (Å²) in [7, 11) is 0. The Hall–Kier alpha value is -1.39. The molecular weight excluding hydrogens is 232 g/mol. The predicted octanol–water partition coefficient (Wildman–Crippen LogP) is 1.42. The van der Waals surface area contributed by atoms with E-state index < -0.39 is 17.4 Å². The number of rotatable bonds is 1. The van der Waals surface area contributed by atoms with Crippen LogP contribution in [0.3, 0.4) is 0 Å². The van der Waals surface area contributed by atoms with E-state index in [1.54, 1.807) is 0 Å². The first kappa shape index (κ1) is 11.7. The molecule has 2 saturated carbocycles. The fourth-order valence-corrected chi connectivity index (χ4v) is 3.10. The molecule has 0 aromatic carbocycles. The maximum absolute atomic E-state index is 12.4. The van der Waals surface area contributed by atoms with Crippen LogP contribution >= 0.6 is 0 Å². The third kappa shape index (κ3) is 1.56. The van der Waals surface area contributed by atoms with E-state index in [1.165, 1.54) is 4.90 Å². The van der Waals surface area contributed by atoms with Gasteiger partial charge in [0.1, 0.15) is 5.41 Å². The standard InChI is InChI=1S/C13H18N2O3/c1-8-2-4-9(5-3-8)15-11(17)13(6-7-13)10(16)14-12(15)18/h8-9H,2-7H2,1H3,(H,14,16,18). The molecule has 0 aromatic heterocycles. The summed E-state index contributed by atoms with van der Waals surface area (Å²) in [5, 5.41) is 2.35. The van der Waals surface area contributed by atoms with Gasteiger partial charge in [0, 0.05) is 6.04 Å². The lowest BCUT2D eigenvalue weighted by Gasteiger charge is -2.38. The lowest BCUT2D eigenvalue weighted by molar-refractivity contribution is -0.146. The molecule has 0 atom stereocenters. The third-order valence-corrected chi connectivity index (χ3v) is 4.60. The second-order valence-electron chi connectivity index (χ2n) is 5.93. The summed E-state index contributed by atoms with van der Waals surface area (Å²) < 4.78 is 0. The van der Waals surface area contributed by atoms with Gasteiger partial charge >= 0.3 is 6.03 Å². The van der Waals surface area contributed by atoms with Crippen LogP contribution in [0, 0.1) is 11.3 Å². The molecule has 5 heteroatoms. The molecular formula is C13H18N2O3. The highest BCUT2D eigenvalue weighted by atomic mass is 16.2. The Morgan fingerprint density at radius 1 is 1.11 bits per heavy atom. The number of nitrogens with one attached hydrogen (secondary N) is 1. The highest BCUT2D eigenvalue weighted by Crippen LogP contribution is 2.49. The molecule has 1 heterocycles. The van der Waals surface area contributed by atoms with Crippen molar-refractivity contribution in [2.24, 2.45) is 11.3 Å². The molecule has 0 aromatic rings. The summed E-state index contributed by atoms with van der Waals surface area (Å²) in [6, 6.07) is -0.527. The van der Waals surface area contributed by atoms with Gasteiger partial charge in [0.2, 0.25) is 11.8 Å². The second-order valence-corrected chi connectivity index (χ2v) is 5.93. The molecule has 0 bridgehead atoms. The average molecular weight is 250 g/mol. The minimum absolute atomic E-state index is 0.0146. The van der Waals surface area contributed by atoms with Crippen LogP contribution in [-0.2, 0) is 9.59 Å². The van der Waals surface area contributed by atoms with Crippen molar-refractivity contribution < 1.29 is 14.4 Å². The van der Waals surface area contributed by atoms with Crippen LogP contribution in [0.1, 0.15) is 45.4 Å². The van der Waals surface area contributed by atoms with Crippen molar-refractivity contribution >= 4 is 17.8 Å². The molecule has 1 saturated heterocycles. The van der Waals surface area contributed by atoms with E-state index in [9.17, 15) is 14.4 Å². The van der Waals surface area contributed by atoms with E-state index in [2.05, 4.69) is 12.2 Å². The van der Waals surface area contributed by atoms with Crippen LogP contribution in [0.4, 0.5) is 4.79 Å². The summed E-state index contributed by atoms with van der Waals surface area (Å²) in [6.45, 7) is 2.19. The maximum atomic E-state index is 12.4. The van der Waals surface area contributed by atoms with Gasteiger partial charge in [0.25, 0.3) is 0 Å². The zero-order valence-electron chi connectivity index (χ0n) is 10.6. The van der Waals surface area contributed by atoms with Gasteiger partial charge in [-0.15, -0.1) is 0 Å². The lowest BCUT2D eigenvalue weighted by Crippen LogP contribution is -2.62. The molecule has 5 nitrogen and oxygen atoms in total. The van der Waals surface area contributed by atoms with Gasteiger partial charge in [0.05, 0.1) is 0 Å². The fourth-order valence-electron chi connectivity index (χ4n) is 3.10. The van der Waals surface area contributed by atoms with Crippen LogP contribution in [0.2, 0.25) is 0 Å². The summed E-state index contributed by atoms with van der Waals surface area (Å²) in [6.07, 6.45) is 5.00. The smallest absolute Gasteiger partial charge is 0.277 e. The highest BCUT2D eigenvalue weighted by molar-refractivity contribution is 6.21. The molecule has 3 aliphatic rings. The Morgan fingerprint density at radius 3 is 2.28 bits per heavy atom. The number of urea groups is 1. The quantitative estimate of drug-likeness (QED) is 0.716. The normalized spacial score (nSPS) is 34.7. The fraction of sp³-hybridized carbons (Fsp3) is 0.769. The van der Waals surface area contributed by atoms with Crippen molar-refractivity contribution in [1.82, 2.24) is 10.2 Å². The number of hydrogen-bond acceptors (Lipinski definition) is 3. The molecule has 98 valence electrons. The van der Waals surface area contributed by atoms with Gasteiger partial charge in [-0.3, -0.25) is 19.8 Å². The summed E-state index contributed by atoms with van der Waals surface area (Å²) in [5.74, 6) is 0.0226. The summed E-state index contributed by atoms with van der Waals surface area (Å²) >= 11 is 0. The molecule has 3 rings (SSSR count). The van der Waals surface area contributed by atoms with E-state index in [1.807, 2.05) is 0 Å². The van der Waals surface area contributed by atoms with E-state index in [0.29, 0.717) is 18.8 Å². The van der Waals surface area contributed by atoms with Crippen molar-refractivity contribution in [3.05, 3.63) is 0 Å². The lowest BCUT2D eigenvalue weighted by atomic mass is 9.85. The number of imide groups is 2. The molecule has 0 unspecified atom stereocenters. The number of carbonyl (C=O) groups excluding carboxylic acids is 3. The summed E-state index contributed by atoms with van der Waals surface area (Å²) in [4.78, 5) is 37.3. The Balaban J connectivity index is 1.80. The monoisotopic (exact) mass is 250 g/mol. The van der Waals surface area contributed by atoms with Gasteiger partial charge < -0.3 is 0 Å². The van der Waals surface area contributed by atoms with E-state index in [0.717, 1.165) is 25.7 Å². The van der Waals surface area contributed by atoms with Crippen molar-refractivity contribution in [1.29, 1.82) is 0 Å². The Kier molecular flexibility index (Phi) is 2.47. The molecule has 1 aliphatic heterocycles. The molecule has 18 heavy (non-hydrogen) atoms. The second kappa shape index (κ2) is 3.80. The molecule has 2 aliphatic carbocycles. The zero-order valence-corrected chi connectivity index (χ0v) is 10.6. The van der Waals surface area contributed by atoms with Crippen LogP contribution in [0.5, 0.6) is 0 Å². The Morgan fingerprint density at radius 2 is 1.72 bits per heavy atom. The van der Waals surface area contributed by atoms with Gasteiger partial charge in [-0.1, -0.05) is 6.92 Å². The number of amides is 4. The predicted molar refractivity (Wildman–Crippen MR) is 63.5 cm³/mol. The number of carbonyl (C=O) groups is 3. The van der Waals surface area contributed by atoms with Crippen LogP contribution < -0.4 is 5.32 Å². The zero-order chi connectivity index (χ0) is 12.9. The van der Waals surface area contributed by atoms with E-state index in [4.69, 9.17) is 0 Å². The minimum Gasteiger partial charge on any atom is -0.277 e. The largest absolute Gasteiger partial charge is 0.331 e. The first-order valence-corrected chi connectivity index (χ1v) is 6.74. The van der Waals surface area contributed by atoms with Gasteiger partial charge in [-0.05, 0) is 44.4 Å². The molecule has 4 amide bonds. The highest BCUT2D eigenvalue weighted by Gasteiger charge is 2.63. The molecule has 0 radical (unpaired) electrons.